The second kappa shape index (κ2) is 7.03. The third-order valence-electron chi connectivity index (χ3n) is 1.56. The molecule has 0 aromatic rings. The molecule has 2 unspecified atom stereocenters. The summed E-state index contributed by atoms with van der Waals surface area (Å²) in [6.07, 6.45) is 1.81. The molecular weight excluding hydrogens is 192 g/mol. The normalized spacial score (nSPS) is 15.0. The van der Waals surface area contributed by atoms with Gasteiger partial charge in [-0.25, -0.2) is 4.21 Å². The molecule has 4 nitrogen and oxygen atoms in total. The number of esters is 1. The summed E-state index contributed by atoms with van der Waals surface area (Å²) in [6, 6.07) is 0. The van der Waals surface area contributed by atoms with Crippen molar-refractivity contribution in [2.45, 2.75) is 38.4 Å². The predicted molar refractivity (Wildman–Crippen MR) is 50.7 cm³/mol. The molecule has 0 rings (SSSR count). The highest BCUT2D eigenvalue weighted by atomic mass is 32.2. The minimum atomic E-state index is -1.94. The number of ether oxygens (including phenoxy) is 1. The van der Waals surface area contributed by atoms with Gasteiger partial charge in [0, 0.05) is 0 Å². The van der Waals surface area contributed by atoms with Crippen molar-refractivity contribution in [3.8, 4) is 0 Å². The molecule has 0 aliphatic rings. The molecule has 0 aliphatic carbocycles. The van der Waals surface area contributed by atoms with Gasteiger partial charge in [0.05, 0.1) is 18.3 Å². The topological polar surface area (TPSA) is 63.6 Å². The lowest BCUT2D eigenvalue weighted by Crippen LogP contribution is -2.17. The molecule has 0 saturated carbocycles. The number of hydrogen-bond donors (Lipinski definition) is 1. The van der Waals surface area contributed by atoms with E-state index in [1.807, 2.05) is 6.92 Å². The second-order valence-electron chi connectivity index (χ2n) is 2.86. The maximum atomic E-state index is 11.0. The molecule has 0 aromatic carbocycles. The molecule has 1 N–H and O–H groups in total. The fourth-order valence-electron chi connectivity index (χ4n) is 0.695. The van der Waals surface area contributed by atoms with Gasteiger partial charge in [-0.3, -0.25) is 4.79 Å². The number of hydrogen-bond acceptors (Lipinski definition) is 3. The maximum Gasteiger partial charge on any atom is 0.307 e. The molecule has 0 aliphatic heterocycles. The van der Waals surface area contributed by atoms with Crippen LogP contribution in [0.1, 0.15) is 33.1 Å². The lowest BCUT2D eigenvalue weighted by Gasteiger charge is -2.06. The summed E-state index contributed by atoms with van der Waals surface area (Å²) < 4.78 is 23.9. The maximum absolute atomic E-state index is 11.0. The van der Waals surface area contributed by atoms with E-state index in [0.29, 0.717) is 6.61 Å². The molecule has 0 heterocycles. The summed E-state index contributed by atoms with van der Waals surface area (Å²) in [5.41, 5.74) is 0. The minimum absolute atomic E-state index is 0.00677. The van der Waals surface area contributed by atoms with Crippen molar-refractivity contribution in [2.24, 2.45) is 0 Å². The Kier molecular flexibility index (Phi) is 6.80. The summed E-state index contributed by atoms with van der Waals surface area (Å²) in [5, 5.41) is -0.547. The predicted octanol–water partition coefficient (Wildman–Crippen LogP) is 1.33. The first kappa shape index (κ1) is 12.6. The van der Waals surface area contributed by atoms with Crippen molar-refractivity contribution in [1.29, 1.82) is 0 Å². The lowest BCUT2D eigenvalue weighted by atomic mass is 10.3. The van der Waals surface area contributed by atoms with Gasteiger partial charge in [0.2, 0.25) is 0 Å². The largest absolute Gasteiger partial charge is 0.466 e. The Morgan fingerprint density at radius 1 is 1.62 bits per heavy atom. The highest BCUT2D eigenvalue weighted by molar-refractivity contribution is 7.79. The van der Waals surface area contributed by atoms with E-state index >= 15 is 0 Å². The third kappa shape index (κ3) is 6.72. The Morgan fingerprint density at radius 3 is 2.69 bits per heavy atom. The number of rotatable bonds is 6. The summed E-state index contributed by atoms with van der Waals surface area (Å²) in [5.74, 6) is -0.400. The molecule has 0 aromatic heterocycles. The average molecular weight is 208 g/mol. The fraction of sp³-hybridized carbons (Fsp3) is 0.875. The molecule has 0 spiro atoms. The summed E-state index contributed by atoms with van der Waals surface area (Å²) in [6.45, 7) is 3.94. The van der Waals surface area contributed by atoms with Crippen LogP contribution in [0.25, 0.3) is 0 Å². The van der Waals surface area contributed by atoms with Gasteiger partial charge in [-0.05, 0) is 13.3 Å². The van der Waals surface area contributed by atoms with E-state index in [2.05, 4.69) is 0 Å². The molecule has 2 atom stereocenters. The van der Waals surface area contributed by atoms with Gasteiger partial charge in [0.15, 0.2) is 11.1 Å². The van der Waals surface area contributed by atoms with E-state index in [4.69, 9.17) is 9.29 Å². The highest BCUT2D eigenvalue weighted by Gasteiger charge is 2.14. The summed E-state index contributed by atoms with van der Waals surface area (Å²) in [7, 11) is 0. The first-order chi connectivity index (χ1) is 6.07. The van der Waals surface area contributed by atoms with E-state index in [0.717, 1.165) is 12.8 Å². The van der Waals surface area contributed by atoms with Crippen LogP contribution in [-0.4, -0.2) is 26.6 Å². The van der Waals surface area contributed by atoms with Crippen LogP contribution in [0, 0.1) is 0 Å². The lowest BCUT2D eigenvalue weighted by molar-refractivity contribution is -0.143. The number of unbranched alkanes of at least 4 members (excludes halogenated alkanes) is 1. The zero-order valence-electron chi connectivity index (χ0n) is 7.99. The van der Waals surface area contributed by atoms with E-state index in [-0.39, 0.29) is 6.42 Å². The van der Waals surface area contributed by atoms with Gasteiger partial charge >= 0.3 is 5.97 Å². The average Bonchev–Trinajstić information content (AvgIpc) is 2.04. The van der Waals surface area contributed by atoms with Crippen LogP contribution in [0.15, 0.2) is 0 Å². The van der Waals surface area contributed by atoms with Crippen LogP contribution in [-0.2, 0) is 20.6 Å². The van der Waals surface area contributed by atoms with Gasteiger partial charge in [-0.1, -0.05) is 13.3 Å². The molecule has 0 radical (unpaired) electrons. The van der Waals surface area contributed by atoms with Crippen LogP contribution in [0.2, 0.25) is 0 Å². The Bertz CT molecular complexity index is 181. The molecule has 0 bridgehead atoms. The van der Waals surface area contributed by atoms with Crippen molar-refractivity contribution in [2.75, 3.05) is 6.61 Å². The van der Waals surface area contributed by atoms with Crippen molar-refractivity contribution in [3.05, 3.63) is 0 Å². The molecule has 0 fully saturated rings. The van der Waals surface area contributed by atoms with Gasteiger partial charge in [-0.15, -0.1) is 0 Å². The Balaban J connectivity index is 3.56. The van der Waals surface area contributed by atoms with Gasteiger partial charge in [0.25, 0.3) is 0 Å². The standard InChI is InChI=1S/C8H16O4S/c1-3-4-5-12-8(9)6-7(2)13(10)11/h7H,3-6H2,1-2H3,(H,10,11). The summed E-state index contributed by atoms with van der Waals surface area (Å²) >= 11 is -1.94. The van der Waals surface area contributed by atoms with Crippen LogP contribution in [0.4, 0.5) is 0 Å². The molecular formula is C8H16O4S. The number of carbonyl (C=O) groups excluding carboxylic acids is 1. The second-order valence-corrected chi connectivity index (χ2v) is 4.22. The zero-order valence-corrected chi connectivity index (χ0v) is 8.80. The van der Waals surface area contributed by atoms with Crippen molar-refractivity contribution >= 4 is 17.0 Å². The first-order valence-electron chi connectivity index (χ1n) is 4.33. The molecule has 13 heavy (non-hydrogen) atoms. The molecule has 0 amide bonds. The van der Waals surface area contributed by atoms with E-state index < -0.39 is 22.3 Å². The molecule has 5 heteroatoms. The van der Waals surface area contributed by atoms with Crippen LogP contribution in [0.5, 0.6) is 0 Å². The quantitative estimate of drug-likeness (QED) is 0.406. The van der Waals surface area contributed by atoms with Crippen molar-refractivity contribution < 1.29 is 18.3 Å². The molecule has 78 valence electrons. The van der Waals surface area contributed by atoms with Gasteiger partial charge < -0.3 is 9.29 Å². The summed E-state index contributed by atoms with van der Waals surface area (Å²) in [4.78, 5) is 11.0. The Morgan fingerprint density at radius 2 is 2.23 bits per heavy atom. The minimum Gasteiger partial charge on any atom is -0.466 e. The van der Waals surface area contributed by atoms with Gasteiger partial charge in [-0.2, -0.15) is 0 Å². The van der Waals surface area contributed by atoms with Crippen LogP contribution < -0.4 is 0 Å². The fourth-order valence-corrected chi connectivity index (χ4v) is 0.974. The van der Waals surface area contributed by atoms with Gasteiger partial charge in [0.1, 0.15) is 0 Å². The SMILES string of the molecule is CCCCOC(=O)CC(C)S(=O)O. The first-order valence-corrected chi connectivity index (χ1v) is 5.50. The third-order valence-corrected chi connectivity index (χ3v) is 2.41. The van der Waals surface area contributed by atoms with Crippen LogP contribution in [0.3, 0.4) is 0 Å². The number of carbonyl (C=O) groups is 1. The highest BCUT2D eigenvalue weighted by Crippen LogP contribution is 2.01. The zero-order chi connectivity index (χ0) is 10.3. The van der Waals surface area contributed by atoms with E-state index in [1.165, 1.54) is 6.92 Å². The smallest absolute Gasteiger partial charge is 0.307 e. The van der Waals surface area contributed by atoms with Crippen LogP contribution >= 0.6 is 0 Å². The Hall–Kier alpha value is -0.420. The Labute approximate surface area is 80.9 Å². The van der Waals surface area contributed by atoms with Crippen molar-refractivity contribution in [3.63, 3.8) is 0 Å². The molecule has 0 saturated heterocycles. The van der Waals surface area contributed by atoms with Crippen molar-refractivity contribution in [1.82, 2.24) is 0 Å². The van der Waals surface area contributed by atoms with E-state index in [9.17, 15) is 9.00 Å². The van der Waals surface area contributed by atoms with E-state index in [1.54, 1.807) is 0 Å². The monoisotopic (exact) mass is 208 g/mol.